The lowest BCUT2D eigenvalue weighted by atomic mass is 10.1. The average molecular weight is 438 g/mol. The molecule has 1 aromatic carbocycles. The molecule has 6 nitrogen and oxygen atoms in total. The van der Waals surface area contributed by atoms with E-state index >= 15 is 0 Å². The minimum atomic E-state index is -4.64. The molecule has 2 heterocycles. The van der Waals surface area contributed by atoms with Crippen molar-refractivity contribution in [3.63, 3.8) is 0 Å². The van der Waals surface area contributed by atoms with Gasteiger partial charge in [0.2, 0.25) is 5.95 Å². The van der Waals surface area contributed by atoms with Crippen LogP contribution in [0.4, 0.5) is 19.1 Å². The number of aromatic nitrogens is 3. The Morgan fingerprint density at radius 3 is 2.67 bits per heavy atom. The smallest absolute Gasteiger partial charge is 0.393 e. The topological polar surface area (TPSA) is 90.9 Å². The molecule has 4 rings (SSSR count). The van der Waals surface area contributed by atoms with Crippen LogP contribution in [0.5, 0.6) is 0 Å². The van der Waals surface area contributed by atoms with Gasteiger partial charge in [-0.1, -0.05) is 12.1 Å². The van der Waals surface area contributed by atoms with Gasteiger partial charge in [-0.15, -0.1) is 0 Å². The van der Waals surface area contributed by atoms with Gasteiger partial charge in [0.1, 0.15) is 12.7 Å². The highest BCUT2D eigenvalue weighted by molar-refractivity contribution is 7.70. The SMILES string of the molecule is CP(C)(=O)c1cccc2c(-c3nc(N[C@H]4CC[C@H](O)C4)ncc3C(F)(F)F)c[nH]c12. The predicted molar refractivity (Wildman–Crippen MR) is 111 cm³/mol. The number of benzene rings is 1. The van der Waals surface area contributed by atoms with Crippen LogP contribution in [0.2, 0.25) is 0 Å². The maximum Gasteiger partial charge on any atom is 0.419 e. The fraction of sp³-hybridized carbons (Fsp3) is 0.400. The average Bonchev–Trinajstić information content (AvgIpc) is 3.25. The third kappa shape index (κ3) is 3.96. The van der Waals surface area contributed by atoms with E-state index in [0.29, 0.717) is 35.5 Å². The van der Waals surface area contributed by atoms with Crippen molar-refractivity contribution in [2.24, 2.45) is 0 Å². The molecule has 3 aromatic rings. The Labute approximate surface area is 171 Å². The molecule has 0 radical (unpaired) electrons. The number of aliphatic hydroxyl groups excluding tert-OH is 1. The summed E-state index contributed by atoms with van der Waals surface area (Å²) in [4.78, 5) is 11.0. The third-order valence-electron chi connectivity index (χ3n) is 5.36. The fourth-order valence-electron chi connectivity index (χ4n) is 3.92. The Hall–Kier alpha value is -2.38. The van der Waals surface area contributed by atoms with Crippen LogP contribution >= 0.6 is 7.14 Å². The van der Waals surface area contributed by atoms with Crippen molar-refractivity contribution in [3.05, 3.63) is 36.2 Å². The van der Waals surface area contributed by atoms with Crippen LogP contribution in [-0.4, -0.2) is 45.5 Å². The zero-order valence-electron chi connectivity index (χ0n) is 16.5. The van der Waals surface area contributed by atoms with Gasteiger partial charge in [0, 0.05) is 34.7 Å². The van der Waals surface area contributed by atoms with Gasteiger partial charge in [0.15, 0.2) is 0 Å². The standard InChI is InChI=1S/C20H22F3N4O2P/c1-30(2,29)16-5-3-4-13-14(9-24-18(13)16)17-15(20(21,22)23)10-25-19(27-17)26-11-6-7-12(28)8-11/h3-5,9-12,24,28H,6-8H2,1-2H3,(H,25,26,27)/t11-,12-/m0/s1. The van der Waals surface area contributed by atoms with E-state index < -0.39 is 25.0 Å². The largest absolute Gasteiger partial charge is 0.419 e. The number of aliphatic hydroxyl groups is 1. The first-order chi connectivity index (χ1) is 14.0. The summed E-state index contributed by atoms with van der Waals surface area (Å²) in [7, 11) is -2.64. The van der Waals surface area contributed by atoms with Crippen LogP contribution in [0, 0.1) is 0 Å². The molecule has 0 spiro atoms. The van der Waals surface area contributed by atoms with Crippen molar-refractivity contribution in [1.82, 2.24) is 15.0 Å². The van der Waals surface area contributed by atoms with E-state index in [0.717, 1.165) is 6.20 Å². The number of H-pyrrole nitrogens is 1. The summed E-state index contributed by atoms with van der Waals surface area (Å²) < 4.78 is 53.7. The van der Waals surface area contributed by atoms with Crippen molar-refractivity contribution < 1.29 is 22.8 Å². The molecule has 1 aliphatic rings. The van der Waals surface area contributed by atoms with E-state index in [1.807, 2.05) is 0 Å². The Morgan fingerprint density at radius 2 is 2.03 bits per heavy atom. The molecule has 0 saturated heterocycles. The van der Waals surface area contributed by atoms with Gasteiger partial charge in [-0.05, 0) is 38.7 Å². The molecular formula is C20H22F3N4O2P. The normalized spacial score (nSPS) is 20.1. The molecule has 2 aromatic heterocycles. The first kappa shape index (κ1) is 20.9. The second kappa shape index (κ2) is 7.39. The summed E-state index contributed by atoms with van der Waals surface area (Å²) in [6.07, 6.45) is -0.998. The van der Waals surface area contributed by atoms with Crippen LogP contribution < -0.4 is 10.6 Å². The molecule has 0 bridgehead atoms. The van der Waals surface area contributed by atoms with Crippen LogP contribution in [0.15, 0.2) is 30.6 Å². The Kier molecular flexibility index (Phi) is 5.14. The number of fused-ring (bicyclic) bond motifs is 1. The first-order valence-corrected chi connectivity index (χ1v) is 12.2. The van der Waals surface area contributed by atoms with Gasteiger partial charge in [0.25, 0.3) is 0 Å². The molecule has 1 aliphatic carbocycles. The molecule has 30 heavy (non-hydrogen) atoms. The maximum absolute atomic E-state index is 13.7. The molecule has 0 unspecified atom stereocenters. The summed E-state index contributed by atoms with van der Waals surface area (Å²) in [6.45, 7) is 3.23. The fourth-order valence-corrected chi connectivity index (χ4v) is 5.09. The number of anilines is 1. The molecule has 0 aliphatic heterocycles. The van der Waals surface area contributed by atoms with Gasteiger partial charge in [-0.25, -0.2) is 9.97 Å². The van der Waals surface area contributed by atoms with Crippen molar-refractivity contribution in [3.8, 4) is 11.3 Å². The van der Waals surface area contributed by atoms with Crippen molar-refractivity contribution >= 4 is 29.3 Å². The highest BCUT2D eigenvalue weighted by Gasteiger charge is 2.36. The van der Waals surface area contributed by atoms with E-state index in [9.17, 15) is 22.8 Å². The number of rotatable bonds is 4. The Bertz CT molecular complexity index is 1140. The second-order valence-electron chi connectivity index (χ2n) is 8.01. The van der Waals surface area contributed by atoms with Crippen molar-refractivity contribution in [1.29, 1.82) is 0 Å². The van der Waals surface area contributed by atoms with Gasteiger partial charge >= 0.3 is 6.18 Å². The summed E-state index contributed by atoms with van der Waals surface area (Å²) in [5.41, 5.74) is -0.378. The van der Waals surface area contributed by atoms with Crippen LogP contribution in [0.1, 0.15) is 24.8 Å². The minimum absolute atomic E-state index is 0.0826. The first-order valence-electron chi connectivity index (χ1n) is 9.59. The highest BCUT2D eigenvalue weighted by Crippen LogP contribution is 2.42. The molecule has 1 saturated carbocycles. The number of hydrogen-bond acceptors (Lipinski definition) is 5. The molecule has 2 atom stereocenters. The highest BCUT2D eigenvalue weighted by atomic mass is 31.2. The molecule has 3 N–H and O–H groups in total. The number of nitrogens with one attached hydrogen (secondary N) is 2. The lowest BCUT2D eigenvalue weighted by Gasteiger charge is -2.16. The van der Waals surface area contributed by atoms with Gasteiger partial charge in [-0.3, -0.25) is 0 Å². The predicted octanol–water partition coefficient (Wildman–Crippen LogP) is 4.22. The molecular weight excluding hydrogens is 416 g/mol. The number of halogens is 3. The lowest BCUT2D eigenvalue weighted by molar-refractivity contribution is -0.137. The third-order valence-corrected chi connectivity index (χ3v) is 6.89. The number of para-hydroxylation sites is 1. The number of nitrogens with zero attached hydrogens (tertiary/aromatic N) is 2. The maximum atomic E-state index is 13.7. The van der Waals surface area contributed by atoms with Gasteiger partial charge in [-0.2, -0.15) is 13.2 Å². The van der Waals surface area contributed by atoms with Crippen LogP contribution in [0.3, 0.4) is 0 Å². The lowest BCUT2D eigenvalue weighted by Crippen LogP contribution is -2.19. The van der Waals surface area contributed by atoms with Crippen molar-refractivity contribution in [2.45, 2.75) is 37.6 Å². The number of aromatic amines is 1. The zero-order chi connectivity index (χ0) is 21.7. The number of hydrogen-bond donors (Lipinski definition) is 3. The number of alkyl halides is 3. The van der Waals surface area contributed by atoms with E-state index in [2.05, 4.69) is 20.3 Å². The summed E-state index contributed by atoms with van der Waals surface area (Å²) in [5.74, 6) is 0.0826. The van der Waals surface area contributed by atoms with E-state index in [1.165, 1.54) is 6.20 Å². The molecule has 0 amide bonds. The van der Waals surface area contributed by atoms with E-state index in [4.69, 9.17) is 0 Å². The van der Waals surface area contributed by atoms with Crippen molar-refractivity contribution in [2.75, 3.05) is 18.6 Å². The van der Waals surface area contributed by atoms with Crippen LogP contribution in [0.25, 0.3) is 22.2 Å². The molecule has 160 valence electrons. The van der Waals surface area contributed by atoms with Crippen LogP contribution in [-0.2, 0) is 10.7 Å². The minimum Gasteiger partial charge on any atom is -0.393 e. The Balaban J connectivity index is 1.84. The van der Waals surface area contributed by atoms with E-state index in [1.54, 1.807) is 31.5 Å². The summed E-state index contributed by atoms with van der Waals surface area (Å²) in [5, 5.41) is 13.8. The summed E-state index contributed by atoms with van der Waals surface area (Å²) in [6, 6.07) is 4.99. The van der Waals surface area contributed by atoms with Gasteiger partial charge < -0.3 is 20.0 Å². The quantitative estimate of drug-likeness (QED) is 0.531. The van der Waals surface area contributed by atoms with Gasteiger partial charge in [0.05, 0.1) is 17.3 Å². The monoisotopic (exact) mass is 438 g/mol. The van der Waals surface area contributed by atoms with E-state index in [-0.39, 0.29) is 23.2 Å². The molecule has 1 fully saturated rings. The second-order valence-corrected chi connectivity index (χ2v) is 11.2. The zero-order valence-corrected chi connectivity index (χ0v) is 17.4. The Morgan fingerprint density at radius 1 is 1.27 bits per heavy atom. The molecule has 10 heteroatoms. The summed E-state index contributed by atoms with van der Waals surface area (Å²) >= 11 is 0.